The summed E-state index contributed by atoms with van der Waals surface area (Å²) < 4.78 is 5.06. The average Bonchev–Trinajstić information content (AvgIpc) is 2.26. The Hall–Kier alpha value is -1.55. The van der Waals surface area contributed by atoms with Crippen LogP contribution in [0.2, 0.25) is 5.02 Å². The van der Waals surface area contributed by atoms with E-state index < -0.39 is 11.8 Å². The van der Waals surface area contributed by atoms with Gasteiger partial charge in [0.05, 0.1) is 7.11 Å². The van der Waals surface area contributed by atoms with Gasteiger partial charge in [-0.3, -0.25) is 4.79 Å². The molecule has 0 spiro atoms. The molecule has 0 fully saturated rings. The topological polar surface area (TPSA) is 63.6 Å². The maximum Gasteiger partial charge on any atom is 0.377 e. The van der Waals surface area contributed by atoms with Crippen LogP contribution in [0.5, 0.6) is 5.75 Å². The number of ketones is 1. The number of ether oxygens (including phenoxy) is 1. The number of halogens is 1. The van der Waals surface area contributed by atoms with E-state index in [4.69, 9.17) is 21.4 Å². The summed E-state index contributed by atoms with van der Waals surface area (Å²) in [5.74, 6) is -2.08. The van der Waals surface area contributed by atoms with Crippen molar-refractivity contribution in [3.8, 4) is 5.75 Å². The third-order valence-electron chi connectivity index (χ3n) is 2.18. The lowest BCUT2D eigenvalue weighted by molar-refractivity contribution is -0.131. The SMILES string of the molecule is CCc1c(Cl)cc(C(=O)C(=O)O)cc1OC. The van der Waals surface area contributed by atoms with E-state index in [1.807, 2.05) is 6.92 Å². The lowest BCUT2D eigenvalue weighted by Crippen LogP contribution is -2.13. The van der Waals surface area contributed by atoms with Crippen molar-refractivity contribution in [3.63, 3.8) is 0 Å². The van der Waals surface area contributed by atoms with Crippen molar-refractivity contribution < 1.29 is 19.4 Å². The van der Waals surface area contributed by atoms with Crippen LogP contribution in [0.15, 0.2) is 12.1 Å². The number of benzene rings is 1. The molecule has 0 heterocycles. The Morgan fingerprint density at radius 1 is 1.44 bits per heavy atom. The monoisotopic (exact) mass is 242 g/mol. The van der Waals surface area contributed by atoms with Crippen molar-refractivity contribution >= 4 is 23.4 Å². The van der Waals surface area contributed by atoms with Gasteiger partial charge in [-0.15, -0.1) is 0 Å². The van der Waals surface area contributed by atoms with Crippen LogP contribution in [-0.4, -0.2) is 24.0 Å². The zero-order valence-corrected chi connectivity index (χ0v) is 9.67. The van der Waals surface area contributed by atoms with Crippen molar-refractivity contribution in [2.24, 2.45) is 0 Å². The number of carbonyl (C=O) groups excluding carboxylic acids is 1. The minimum Gasteiger partial charge on any atom is -0.496 e. The van der Waals surface area contributed by atoms with Gasteiger partial charge in [0.1, 0.15) is 5.75 Å². The highest BCUT2D eigenvalue weighted by atomic mass is 35.5. The summed E-state index contributed by atoms with van der Waals surface area (Å²) in [7, 11) is 1.44. The van der Waals surface area contributed by atoms with E-state index in [-0.39, 0.29) is 5.56 Å². The van der Waals surface area contributed by atoms with Gasteiger partial charge in [-0.05, 0) is 18.6 Å². The molecule has 1 aromatic carbocycles. The molecule has 4 nitrogen and oxygen atoms in total. The number of aliphatic carboxylic acids is 1. The Labute approximate surface area is 97.8 Å². The highest BCUT2D eigenvalue weighted by Gasteiger charge is 2.18. The maximum atomic E-state index is 11.3. The van der Waals surface area contributed by atoms with Gasteiger partial charge in [0.2, 0.25) is 0 Å². The summed E-state index contributed by atoms with van der Waals surface area (Å²) in [6.07, 6.45) is 0.642. The number of rotatable bonds is 4. The van der Waals surface area contributed by atoms with E-state index in [0.29, 0.717) is 17.2 Å². The number of Topliss-reactive ketones (excluding diaryl/α,β-unsaturated/α-hetero) is 1. The molecule has 0 atom stereocenters. The van der Waals surface area contributed by atoms with Crippen LogP contribution in [-0.2, 0) is 11.2 Å². The molecule has 0 aromatic heterocycles. The van der Waals surface area contributed by atoms with Gasteiger partial charge < -0.3 is 9.84 Å². The Morgan fingerprint density at radius 2 is 2.06 bits per heavy atom. The molecule has 0 unspecified atom stereocenters. The van der Waals surface area contributed by atoms with E-state index >= 15 is 0 Å². The van der Waals surface area contributed by atoms with Crippen molar-refractivity contribution in [2.45, 2.75) is 13.3 Å². The number of carbonyl (C=O) groups is 2. The van der Waals surface area contributed by atoms with Crippen LogP contribution in [0, 0.1) is 0 Å². The second-order valence-corrected chi connectivity index (χ2v) is 3.53. The zero-order chi connectivity index (χ0) is 12.3. The summed E-state index contributed by atoms with van der Waals surface area (Å²) in [5, 5.41) is 8.92. The first-order valence-corrected chi connectivity index (χ1v) is 5.03. The fraction of sp³-hybridized carbons (Fsp3) is 0.273. The molecule has 16 heavy (non-hydrogen) atoms. The van der Waals surface area contributed by atoms with Crippen LogP contribution < -0.4 is 4.74 Å². The first-order valence-electron chi connectivity index (χ1n) is 4.65. The highest BCUT2D eigenvalue weighted by Crippen LogP contribution is 2.29. The van der Waals surface area contributed by atoms with E-state index in [1.165, 1.54) is 19.2 Å². The Kier molecular flexibility index (Phi) is 3.90. The van der Waals surface area contributed by atoms with Gasteiger partial charge >= 0.3 is 5.97 Å². The quantitative estimate of drug-likeness (QED) is 0.649. The van der Waals surface area contributed by atoms with Crippen molar-refractivity contribution in [3.05, 3.63) is 28.3 Å². The van der Waals surface area contributed by atoms with Gasteiger partial charge in [-0.1, -0.05) is 18.5 Å². The molecule has 86 valence electrons. The molecule has 0 aliphatic heterocycles. The molecule has 1 N–H and O–H groups in total. The molecule has 0 amide bonds. The average molecular weight is 243 g/mol. The van der Waals surface area contributed by atoms with Gasteiger partial charge in [-0.25, -0.2) is 4.79 Å². The van der Waals surface area contributed by atoms with E-state index in [9.17, 15) is 9.59 Å². The maximum absolute atomic E-state index is 11.3. The van der Waals surface area contributed by atoms with Crippen LogP contribution in [0.3, 0.4) is 0 Å². The number of carboxylic acids is 1. The van der Waals surface area contributed by atoms with Crippen molar-refractivity contribution in [1.82, 2.24) is 0 Å². The van der Waals surface area contributed by atoms with E-state index in [1.54, 1.807) is 0 Å². The third-order valence-corrected chi connectivity index (χ3v) is 2.52. The summed E-state index contributed by atoms with van der Waals surface area (Å²) in [4.78, 5) is 21.8. The van der Waals surface area contributed by atoms with Gasteiger partial charge in [0.25, 0.3) is 5.78 Å². The summed E-state index contributed by atoms with van der Waals surface area (Å²) >= 11 is 5.94. The summed E-state index contributed by atoms with van der Waals surface area (Å²) in [6.45, 7) is 1.89. The lowest BCUT2D eigenvalue weighted by atomic mass is 10.1. The number of hydrogen-bond donors (Lipinski definition) is 1. The minimum absolute atomic E-state index is 0.0200. The molecular weight excluding hydrogens is 232 g/mol. The van der Waals surface area contributed by atoms with Crippen LogP contribution in [0.1, 0.15) is 22.8 Å². The first kappa shape index (κ1) is 12.5. The molecule has 5 heteroatoms. The van der Waals surface area contributed by atoms with Crippen LogP contribution >= 0.6 is 11.6 Å². The Bertz CT molecular complexity index is 440. The van der Waals surface area contributed by atoms with Crippen LogP contribution in [0.4, 0.5) is 0 Å². The van der Waals surface area contributed by atoms with Gasteiger partial charge in [-0.2, -0.15) is 0 Å². The van der Waals surface area contributed by atoms with Gasteiger partial charge in [0.15, 0.2) is 0 Å². The van der Waals surface area contributed by atoms with Crippen molar-refractivity contribution in [1.29, 1.82) is 0 Å². The second-order valence-electron chi connectivity index (χ2n) is 3.13. The zero-order valence-electron chi connectivity index (χ0n) is 8.91. The highest BCUT2D eigenvalue weighted by molar-refractivity contribution is 6.40. The van der Waals surface area contributed by atoms with Crippen molar-refractivity contribution in [2.75, 3.05) is 7.11 Å². The fourth-order valence-corrected chi connectivity index (χ4v) is 1.74. The molecule has 0 saturated carbocycles. The number of carboxylic acid groups (broad SMARTS) is 1. The molecular formula is C11H11ClO4. The van der Waals surface area contributed by atoms with E-state index in [0.717, 1.165) is 5.56 Å². The first-order chi connectivity index (χ1) is 7.51. The van der Waals surface area contributed by atoms with Crippen LogP contribution in [0.25, 0.3) is 0 Å². The second kappa shape index (κ2) is 4.99. The standard InChI is InChI=1S/C11H11ClO4/c1-3-7-8(12)4-6(5-9(7)16-2)10(13)11(14)15/h4-5H,3H2,1-2H3,(H,14,15). The molecule has 0 saturated heterocycles. The predicted octanol–water partition coefficient (Wildman–Crippen LogP) is 2.18. The molecule has 0 aliphatic rings. The summed E-state index contributed by atoms with van der Waals surface area (Å²) in [6, 6.07) is 2.74. The Balaban J connectivity index is 3.31. The predicted molar refractivity (Wildman–Crippen MR) is 59.3 cm³/mol. The lowest BCUT2D eigenvalue weighted by Gasteiger charge is -2.10. The Morgan fingerprint density at radius 3 is 2.50 bits per heavy atom. The number of hydrogen-bond acceptors (Lipinski definition) is 3. The van der Waals surface area contributed by atoms with E-state index in [2.05, 4.69) is 0 Å². The minimum atomic E-state index is -1.51. The molecule has 0 aliphatic carbocycles. The normalized spacial score (nSPS) is 9.94. The molecule has 1 rings (SSSR count). The third kappa shape index (κ3) is 2.33. The van der Waals surface area contributed by atoms with Gasteiger partial charge in [0, 0.05) is 16.1 Å². The largest absolute Gasteiger partial charge is 0.496 e. The molecule has 0 bridgehead atoms. The fourth-order valence-electron chi connectivity index (χ4n) is 1.39. The molecule has 0 radical (unpaired) electrons. The summed E-state index contributed by atoms with van der Waals surface area (Å²) in [5.41, 5.74) is 0.776. The molecule has 1 aromatic rings. The smallest absolute Gasteiger partial charge is 0.377 e. The number of methoxy groups -OCH3 is 1.